The van der Waals surface area contributed by atoms with E-state index in [1.165, 1.54) is 42.8 Å². The zero-order valence-corrected chi connectivity index (χ0v) is 18.4. The quantitative estimate of drug-likeness (QED) is 0.289. The highest BCUT2D eigenvalue weighted by Crippen LogP contribution is 2.57. The molecule has 0 aliphatic heterocycles. The van der Waals surface area contributed by atoms with Crippen LogP contribution < -0.4 is 0 Å². The van der Waals surface area contributed by atoms with Crippen molar-refractivity contribution in [2.75, 3.05) is 0 Å². The molecule has 0 unspecified atom stereocenters. The van der Waals surface area contributed by atoms with Gasteiger partial charge in [-0.15, -0.1) is 11.3 Å². The molecule has 3 aromatic carbocycles. The van der Waals surface area contributed by atoms with Gasteiger partial charge in [0.1, 0.15) is 0 Å². The third kappa shape index (κ3) is 2.30. The maximum atomic E-state index is 5.01. The molecule has 0 atom stereocenters. The minimum Gasteiger partial charge on any atom is -0.236 e. The number of hydrogen-bond donors (Lipinski definition) is 0. The minimum absolute atomic E-state index is 0.0955. The van der Waals surface area contributed by atoms with Gasteiger partial charge in [0.05, 0.1) is 5.52 Å². The number of benzene rings is 3. The molecule has 146 valence electrons. The molecule has 0 fully saturated rings. The molecule has 6 rings (SSSR count). The van der Waals surface area contributed by atoms with Crippen LogP contribution in [0.4, 0.5) is 0 Å². The second kappa shape index (κ2) is 5.99. The maximum absolute atomic E-state index is 5.01. The highest BCUT2D eigenvalue weighted by atomic mass is 32.1. The van der Waals surface area contributed by atoms with Gasteiger partial charge in [0.15, 0.2) is 5.82 Å². The molecular weight excluding hydrogens is 384 g/mol. The molecule has 2 heterocycles. The van der Waals surface area contributed by atoms with Gasteiger partial charge in [-0.2, -0.15) is 0 Å². The molecule has 0 spiro atoms. The molecule has 1 aliphatic carbocycles. The Morgan fingerprint density at radius 3 is 2.50 bits per heavy atom. The van der Waals surface area contributed by atoms with Gasteiger partial charge in [0.2, 0.25) is 0 Å². The van der Waals surface area contributed by atoms with Gasteiger partial charge in [-0.25, -0.2) is 9.97 Å². The van der Waals surface area contributed by atoms with Crippen LogP contribution in [0.5, 0.6) is 0 Å². The number of rotatable bonds is 1. The van der Waals surface area contributed by atoms with E-state index in [-0.39, 0.29) is 5.41 Å². The minimum atomic E-state index is -0.0955. The van der Waals surface area contributed by atoms with Crippen molar-refractivity contribution in [3.8, 4) is 21.8 Å². The van der Waals surface area contributed by atoms with E-state index in [0.717, 1.165) is 22.3 Å². The van der Waals surface area contributed by atoms with Crippen LogP contribution in [0.3, 0.4) is 0 Å². The summed E-state index contributed by atoms with van der Waals surface area (Å²) >= 11 is 1.90. The monoisotopic (exact) mass is 406 g/mol. The van der Waals surface area contributed by atoms with E-state index in [1.54, 1.807) is 0 Å². The third-order valence-electron chi connectivity index (χ3n) is 6.45. The van der Waals surface area contributed by atoms with Gasteiger partial charge in [0, 0.05) is 32.1 Å². The first-order valence-corrected chi connectivity index (χ1v) is 11.2. The second-order valence-corrected chi connectivity index (χ2v) is 9.92. The van der Waals surface area contributed by atoms with Crippen molar-refractivity contribution in [3.63, 3.8) is 0 Å². The molecule has 1 aliphatic rings. The Morgan fingerprint density at radius 1 is 0.833 bits per heavy atom. The van der Waals surface area contributed by atoms with Crippen molar-refractivity contribution in [2.24, 2.45) is 0 Å². The van der Waals surface area contributed by atoms with E-state index in [4.69, 9.17) is 9.97 Å². The summed E-state index contributed by atoms with van der Waals surface area (Å²) in [6.45, 7) is 8.94. The van der Waals surface area contributed by atoms with Gasteiger partial charge in [0.25, 0.3) is 0 Å². The molecule has 0 saturated carbocycles. The third-order valence-corrected chi connectivity index (χ3v) is 7.65. The van der Waals surface area contributed by atoms with Crippen LogP contribution in [0.1, 0.15) is 36.1 Å². The molecule has 30 heavy (non-hydrogen) atoms. The van der Waals surface area contributed by atoms with E-state index in [0.29, 0.717) is 0 Å². The summed E-state index contributed by atoms with van der Waals surface area (Å²) in [6, 6.07) is 19.7. The van der Waals surface area contributed by atoms with Crippen molar-refractivity contribution >= 4 is 32.3 Å². The van der Waals surface area contributed by atoms with Gasteiger partial charge >= 0.3 is 0 Å². The average molecular weight is 407 g/mol. The Balaban J connectivity index is 1.63. The number of aromatic nitrogens is 2. The topological polar surface area (TPSA) is 25.8 Å². The molecule has 2 aromatic heterocycles. The first-order chi connectivity index (χ1) is 14.4. The predicted molar refractivity (Wildman–Crippen MR) is 127 cm³/mol. The van der Waals surface area contributed by atoms with Gasteiger partial charge in [-0.1, -0.05) is 56.3 Å². The molecule has 0 N–H and O–H groups in total. The lowest BCUT2D eigenvalue weighted by Gasteiger charge is -2.24. The molecule has 2 nitrogen and oxygen atoms in total. The summed E-state index contributed by atoms with van der Waals surface area (Å²) in [5, 5.41) is 2.50. The van der Waals surface area contributed by atoms with Crippen molar-refractivity contribution in [2.45, 2.75) is 33.1 Å². The molecule has 0 radical (unpaired) electrons. The average Bonchev–Trinajstić information content (AvgIpc) is 3.22. The SMILES string of the molecule is Cc1cc(C)c2cnc(-c3cccc4c3C(C)(C)c3c-4sc4ccccc34)nc2c1. The highest BCUT2D eigenvalue weighted by molar-refractivity contribution is 7.22. The molecule has 0 bridgehead atoms. The fraction of sp³-hybridized carbons (Fsp3) is 0.185. The van der Waals surface area contributed by atoms with Gasteiger partial charge < -0.3 is 0 Å². The first kappa shape index (κ1) is 17.8. The lowest BCUT2D eigenvalue weighted by Crippen LogP contribution is -2.16. The molecule has 5 aromatic rings. The Bertz CT molecular complexity index is 1490. The summed E-state index contributed by atoms with van der Waals surface area (Å²) in [5.41, 5.74) is 8.65. The summed E-state index contributed by atoms with van der Waals surface area (Å²) in [7, 11) is 0. The summed E-state index contributed by atoms with van der Waals surface area (Å²) in [4.78, 5) is 11.2. The normalized spacial score (nSPS) is 14.3. The van der Waals surface area contributed by atoms with Crippen LogP contribution >= 0.6 is 11.3 Å². The molecule has 0 amide bonds. The molecule has 3 heteroatoms. The zero-order chi connectivity index (χ0) is 20.6. The fourth-order valence-electron chi connectivity index (χ4n) is 5.20. The van der Waals surface area contributed by atoms with Gasteiger partial charge in [-0.05, 0) is 59.2 Å². The number of fused-ring (bicyclic) bond motifs is 6. The van der Waals surface area contributed by atoms with Crippen LogP contribution in [0.15, 0.2) is 60.8 Å². The highest BCUT2D eigenvalue weighted by Gasteiger charge is 2.40. The van der Waals surface area contributed by atoms with E-state index in [1.807, 2.05) is 17.5 Å². The number of aryl methyl sites for hydroxylation is 2. The standard InChI is InChI=1S/C27H22N2S/c1-15-12-16(2)20-14-28-26(29-21(20)13-15)19-10-7-9-18-23(19)27(3,4)24-17-8-5-6-11-22(17)30-25(18)24/h5-14H,1-4H3. The molecular formula is C27H22N2S. The second-order valence-electron chi connectivity index (χ2n) is 8.86. The van der Waals surface area contributed by atoms with Crippen molar-refractivity contribution in [1.82, 2.24) is 9.97 Å². The van der Waals surface area contributed by atoms with Crippen LogP contribution in [0, 0.1) is 13.8 Å². The zero-order valence-electron chi connectivity index (χ0n) is 17.6. The number of thiophene rings is 1. The van der Waals surface area contributed by atoms with Crippen molar-refractivity contribution in [3.05, 3.63) is 83.0 Å². The van der Waals surface area contributed by atoms with E-state index >= 15 is 0 Å². The lowest BCUT2D eigenvalue weighted by molar-refractivity contribution is 0.668. The Hall–Kier alpha value is -3.04. The molecule has 0 saturated heterocycles. The fourth-order valence-corrected chi connectivity index (χ4v) is 6.59. The smallest absolute Gasteiger partial charge is 0.160 e. The van der Waals surface area contributed by atoms with E-state index < -0.39 is 0 Å². The summed E-state index contributed by atoms with van der Waals surface area (Å²) in [5.74, 6) is 0.817. The van der Waals surface area contributed by atoms with Crippen LogP contribution in [0.25, 0.3) is 42.8 Å². The lowest BCUT2D eigenvalue weighted by atomic mass is 9.79. The summed E-state index contributed by atoms with van der Waals surface area (Å²) < 4.78 is 1.36. The van der Waals surface area contributed by atoms with Crippen molar-refractivity contribution < 1.29 is 0 Å². The number of hydrogen-bond acceptors (Lipinski definition) is 3. The predicted octanol–water partition coefficient (Wildman–Crippen LogP) is 7.43. The first-order valence-electron chi connectivity index (χ1n) is 10.4. The largest absolute Gasteiger partial charge is 0.236 e. The van der Waals surface area contributed by atoms with Crippen LogP contribution in [-0.2, 0) is 5.41 Å². The number of nitrogens with zero attached hydrogens (tertiary/aromatic N) is 2. The maximum Gasteiger partial charge on any atom is 0.160 e. The Morgan fingerprint density at radius 2 is 1.63 bits per heavy atom. The van der Waals surface area contributed by atoms with Gasteiger partial charge in [-0.3, -0.25) is 0 Å². The van der Waals surface area contributed by atoms with Crippen LogP contribution in [-0.4, -0.2) is 9.97 Å². The Labute approximate surface area is 180 Å². The summed E-state index contributed by atoms with van der Waals surface area (Å²) in [6.07, 6.45) is 1.99. The van der Waals surface area contributed by atoms with Crippen molar-refractivity contribution in [1.29, 1.82) is 0 Å². The van der Waals surface area contributed by atoms with Crippen LogP contribution in [0.2, 0.25) is 0 Å². The van der Waals surface area contributed by atoms with E-state index in [2.05, 4.69) is 82.3 Å². The Kier molecular flexibility index (Phi) is 3.55. The van der Waals surface area contributed by atoms with E-state index in [9.17, 15) is 0 Å².